The van der Waals surface area contributed by atoms with Crippen molar-refractivity contribution in [1.29, 1.82) is 0 Å². The van der Waals surface area contributed by atoms with Crippen molar-refractivity contribution in [2.24, 2.45) is 0 Å². The number of hydrogen-bond acceptors (Lipinski definition) is 5. The van der Waals surface area contributed by atoms with Gasteiger partial charge in [-0.2, -0.15) is 0 Å². The highest BCUT2D eigenvalue weighted by molar-refractivity contribution is 7.15. The summed E-state index contributed by atoms with van der Waals surface area (Å²) in [5.74, 6) is 0. The number of nitrogens with zero attached hydrogens (tertiary/aromatic N) is 2. The van der Waals surface area contributed by atoms with Crippen LogP contribution in [0.2, 0.25) is 0 Å². The first-order valence-corrected chi connectivity index (χ1v) is 7.21. The fraction of sp³-hybridized carbons (Fsp3) is 0.769. The average Bonchev–Trinajstić information content (AvgIpc) is 2.69. The quantitative estimate of drug-likeness (QED) is 0.827. The van der Waals surface area contributed by atoms with Crippen LogP contribution in [0.1, 0.15) is 38.3 Å². The Kier molecular flexibility index (Phi) is 6.05. The van der Waals surface area contributed by atoms with Crippen molar-refractivity contribution in [1.82, 2.24) is 10.3 Å². The molecule has 1 heterocycles. The lowest BCUT2D eigenvalue weighted by molar-refractivity contribution is 0.181. The number of nitrogens with one attached hydrogen (secondary N) is 1. The van der Waals surface area contributed by atoms with Crippen LogP contribution in [0.3, 0.4) is 0 Å². The van der Waals surface area contributed by atoms with E-state index >= 15 is 0 Å². The molecule has 0 aromatic carbocycles. The van der Waals surface area contributed by atoms with Crippen molar-refractivity contribution in [3.8, 4) is 0 Å². The standard InChI is InChI=1S/C13H25N3OS/c1-9(2)14-7-12-11(8-17-6)15-13(18-12)16(5)10(3)4/h9-10,14H,7-8H2,1-6H3. The molecule has 18 heavy (non-hydrogen) atoms. The highest BCUT2D eigenvalue weighted by atomic mass is 32.1. The molecule has 0 bridgehead atoms. The molecule has 0 amide bonds. The molecule has 4 nitrogen and oxygen atoms in total. The Morgan fingerprint density at radius 2 is 2.00 bits per heavy atom. The van der Waals surface area contributed by atoms with Crippen LogP contribution in [0.5, 0.6) is 0 Å². The summed E-state index contributed by atoms with van der Waals surface area (Å²) in [7, 11) is 3.80. The molecule has 0 fully saturated rings. The Balaban J connectivity index is 2.86. The van der Waals surface area contributed by atoms with E-state index in [4.69, 9.17) is 4.74 Å². The number of aromatic nitrogens is 1. The van der Waals surface area contributed by atoms with Gasteiger partial charge < -0.3 is 15.0 Å². The fourth-order valence-corrected chi connectivity index (χ4v) is 2.53. The number of hydrogen-bond donors (Lipinski definition) is 1. The lowest BCUT2D eigenvalue weighted by Crippen LogP contribution is -2.25. The van der Waals surface area contributed by atoms with Gasteiger partial charge in [-0.3, -0.25) is 0 Å². The van der Waals surface area contributed by atoms with Crippen LogP contribution in [-0.2, 0) is 17.9 Å². The Morgan fingerprint density at radius 1 is 1.33 bits per heavy atom. The molecule has 0 atom stereocenters. The lowest BCUT2D eigenvalue weighted by atomic mass is 10.3. The van der Waals surface area contributed by atoms with Gasteiger partial charge in [0.25, 0.3) is 0 Å². The van der Waals surface area contributed by atoms with Crippen molar-refractivity contribution in [2.45, 2.75) is 52.9 Å². The molecule has 1 rings (SSSR count). The fourth-order valence-electron chi connectivity index (χ4n) is 1.43. The first-order chi connectivity index (χ1) is 8.45. The average molecular weight is 271 g/mol. The van der Waals surface area contributed by atoms with Gasteiger partial charge in [0.15, 0.2) is 5.13 Å². The Bertz CT molecular complexity index is 363. The van der Waals surface area contributed by atoms with E-state index < -0.39 is 0 Å². The van der Waals surface area contributed by atoms with Crippen LogP contribution in [-0.4, -0.2) is 31.2 Å². The van der Waals surface area contributed by atoms with Gasteiger partial charge in [-0.1, -0.05) is 13.8 Å². The third kappa shape index (κ3) is 4.23. The van der Waals surface area contributed by atoms with Crippen LogP contribution in [0.25, 0.3) is 0 Å². The molecule has 5 heteroatoms. The Labute approximate surface area is 114 Å². The predicted molar refractivity (Wildman–Crippen MR) is 78.3 cm³/mol. The second-order valence-electron chi connectivity index (χ2n) is 5.04. The summed E-state index contributed by atoms with van der Waals surface area (Å²) in [6.45, 7) is 10.1. The van der Waals surface area contributed by atoms with Crippen molar-refractivity contribution in [3.05, 3.63) is 10.6 Å². The summed E-state index contributed by atoms with van der Waals surface area (Å²) >= 11 is 1.75. The SMILES string of the molecule is COCc1nc(N(C)C(C)C)sc1CNC(C)C. The summed E-state index contributed by atoms with van der Waals surface area (Å²) in [5.41, 5.74) is 1.05. The van der Waals surface area contributed by atoms with Gasteiger partial charge in [0.2, 0.25) is 0 Å². The zero-order chi connectivity index (χ0) is 13.7. The summed E-state index contributed by atoms with van der Waals surface area (Å²) in [6, 6.07) is 0.936. The molecule has 0 saturated heterocycles. The van der Waals surface area contributed by atoms with E-state index in [2.05, 4.69) is 49.9 Å². The maximum atomic E-state index is 5.23. The van der Waals surface area contributed by atoms with E-state index in [1.807, 2.05) is 0 Å². The topological polar surface area (TPSA) is 37.4 Å². The van der Waals surface area contributed by atoms with E-state index in [0.717, 1.165) is 17.4 Å². The maximum absolute atomic E-state index is 5.23. The van der Waals surface area contributed by atoms with Gasteiger partial charge in [-0.05, 0) is 13.8 Å². The maximum Gasteiger partial charge on any atom is 0.185 e. The van der Waals surface area contributed by atoms with E-state index in [9.17, 15) is 0 Å². The monoisotopic (exact) mass is 271 g/mol. The summed E-state index contributed by atoms with van der Waals surface area (Å²) in [5, 5.41) is 4.51. The van der Waals surface area contributed by atoms with Gasteiger partial charge in [0, 0.05) is 37.7 Å². The first kappa shape index (κ1) is 15.4. The molecule has 0 radical (unpaired) electrons. The van der Waals surface area contributed by atoms with Crippen LogP contribution in [0.15, 0.2) is 0 Å². The molecule has 0 aliphatic carbocycles. The van der Waals surface area contributed by atoms with Crippen LogP contribution < -0.4 is 10.2 Å². The van der Waals surface area contributed by atoms with E-state index in [1.54, 1.807) is 18.4 Å². The molecular weight excluding hydrogens is 246 g/mol. The number of anilines is 1. The van der Waals surface area contributed by atoms with Gasteiger partial charge in [0.05, 0.1) is 12.3 Å². The van der Waals surface area contributed by atoms with Crippen LogP contribution >= 0.6 is 11.3 Å². The number of rotatable bonds is 7. The second-order valence-corrected chi connectivity index (χ2v) is 6.10. The molecule has 0 aliphatic rings. The van der Waals surface area contributed by atoms with Crippen molar-refractivity contribution >= 4 is 16.5 Å². The first-order valence-electron chi connectivity index (χ1n) is 6.39. The van der Waals surface area contributed by atoms with E-state index in [0.29, 0.717) is 18.7 Å². The molecule has 104 valence electrons. The number of methoxy groups -OCH3 is 1. The molecule has 0 spiro atoms. The van der Waals surface area contributed by atoms with E-state index in [-0.39, 0.29) is 0 Å². The smallest absolute Gasteiger partial charge is 0.185 e. The molecule has 0 saturated carbocycles. The number of thiazole rings is 1. The van der Waals surface area contributed by atoms with Crippen molar-refractivity contribution in [3.63, 3.8) is 0 Å². The van der Waals surface area contributed by atoms with Crippen molar-refractivity contribution in [2.75, 3.05) is 19.1 Å². The molecule has 0 aliphatic heterocycles. The summed E-state index contributed by atoms with van der Waals surface area (Å²) in [6.07, 6.45) is 0. The minimum Gasteiger partial charge on any atom is -0.378 e. The predicted octanol–water partition coefficient (Wildman–Crippen LogP) is 2.63. The van der Waals surface area contributed by atoms with Gasteiger partial charge in [0.1, 0.15) is 0 Å². The van der Waals surface area contributed by atoms with E-state index in [1.165, 1.54) is 4.88 Å². The third-order valence-corrected chi connectivity index (χ3v) is 3.98. The molecule has 1 N–H and O–H groups in total. The van der Waals surface area contributed by atoms with Crippen LogP contribution in [0, 0.1) is 0 Å². The largest absolute Gasteiger partial charge is 0.378 e. The normalized spacial score (nSPS) is 11.6. The van der Waals surface area contributed by atoms with Crippen LogP contribution in [0.4, 0.5) is 5.13 Å². The molecule has 1 aromatic heterocycles. The van der Waals surface area contributed by atoms with Gasteiger partial charge >= 0.3 is 0 Å². The van der Waals surface area contributed by atoms with Gasteiger partial charge in [-0.25, -0.2) is 4.98 Å². The second kappa shape index (κ2) is 7.07. The Morgan fingerprint density at radius 3 is 2.50 bits per heavy atom. The summed E-state index contributed by atoms with van der Waals surface area (Å²) < 4.78 is 5.23. The molecular formula is C13H25N3OS. The highest BCUT2D eigenvalue weighted by Gasteiger charge is 2.15. The molecule has 1 aromatic rings. The zero-order valence-corrected chi connectivity index (χ0v) is 13.1. The zero-order valence-electron chi connectivity index (χ0n) is 12.3. The van der Waals surface area contributed by atoms with Crippen molar-refractivity contribution < 1.29 is 4.74 Å². The summed E-state index contributed by atoms with van der Waals surface area (Å²) in [4.78, 5) is 8.15. The molecule has 0 unspecified atom stereocenters. The van der Waals surface area contributed by atoms with Gasteiger partial charge in [-0.15, -0.1) is 11.3 Å². The minimum atomic E-state index is 0.456. The highest BCUT2D eigenvalue weighted by Crippen LogP contribution is 2.27. The minimum absolute atomic E-state index is 0.456. The lowest BCUT2D eigenvalue weighted by Gasteiger charge is -2.19. The third-order valence-electron chi connectivity index (χ3n) is 2.80. The Hall–Kier alpha value is -0.650. The number of ether oxygens (including phenoxy) is 1.